The van der Waals surface area contributed by atoms with Crippen LogP contribution >= 0.6 is 0 Å². The molecule has 142 valence electrons. The minimum Gasteiger partial charge on any atom is -0.491 e. The molecule has 27 heavy (non-hydrogen) atoms. The van der Waals surface area contributed by atoms with Crippen molar-refractivity contribution in [2.24, 2.45) is 0 Å². The predicted molar refractivity (Wildman–Crippen MR) is 105 cm³/mol. The largest absolute Gasteiger partial charge is 0.491 e. The van der Waals surface area contributed by atoms with Gasteiger partial charge in [0.15, 0.2) is 0 Å². The van der Waals surface area contributed by atoms with E-state index in [4.69, 9.17) is 9.15 Å². The van der Waals surface area contributed by atoms with E-state index >= 15 is 0 Å². The summed E-state index contributed by atoms with van der Waals surface area (Å²) in [5.41, 5.74) is 3.59. The predicted octanol–water partition coefficient (Wildman–Crippen LogP) is 4.46. The zero-order valence-electron chi connectivity index (χ0n) is 16.3. The van der Waals surface area contributed by atoms with Crippen LogP contribution in [-0.4, -0.2) is 16.6 Å². The van der Waals surface area contributed by atoms with Crippen molar-refractivity contribution in [3.05, 3.63) is 77.0 Å². The second-order valence-corrected chi connectivity index (χ2v) is 6.91. The van der Waals surface area contributed by atoms with Crippen molar-refractivity contribution in [2.75, 3.05) is 0 Å². The smallest absolute Gasteiger partial charge is 0.253 e. The molecule has 5 heteroatoms. The summed E-state index contributed by atoms with van der Waals surface area (Å²) in [7, 11) is 0. The van der Waals surface area contributed by atoms with Crippen LogP contribution in [0.15, 0.2) is 53.1 Å². The molecule has 0 radical (unpaired) electrons. The number of benzene rings is 1. The molecule has 0 aliphatic heterocycles. The van der Waals surface area contributed by atoms with Crippen LogP contribution in [0, 0.1) is 13.8 Å². The van der Waals surface area contributed by atoms with Crippen molar-refractivity contribution in [3.63, 3.8) is 0 Å². The Hall–Kier alpha value is -2.95. The SMILES string of the molecule is Cc1cc(C(=O)NCc2ccccc2OC(C)C)c(C)n1Cc1ccco1. The Kier molecular flexibility index (Phi) is 5.69. The highest BCUT2D eigenvalue weighted by molar-refractivity contribution is 5.95. The Morgan fingerprint density at radius 3 is 2.67 bits per heavy atom. The lowest BCUT2D eigenvalue weighted by Crippen LogP contribution is -2.24. The summed E-state index contributed by atoms with van der Waals surface area (Å²) >= 11 is 0. The molecule has 3 aromatic rings. The number of rotatable bonds is 7. The fourth-order valence-corrected chi connectivity index (χ4v) is 3.12. The lowest BCUT2D eigenvalue weighted by atomic mass is 10.2. The molecule has 5 nitrogen and oxygen atoms in total. The maximum absolute atomic E-state index is 12.8. The van der Waals surface area contributed by atoms with Gasteiger partial charge < -0.3 is 19.0 Å². The molecule has 0 spiro atoms. The fraction of sp³-hybridized carbons (Fsp3) is 0.318. The molecule has 1 amide bonds. The van der Waals surface area contributed by atoms with Gasteiger partial charge in [0.2, 0.25) is 0 Å². The molecule has 0 bridgehead atoms. The molecule has 0 saturated heterocycles. The van der Waals surface area contributed by atoms with Crippen LogP contribution in [0.5, 0.6) is 5.75 Å². The molecule has 1 N–H and O–H groups in total. The summed E-state index contributed by atoms with van der Waals surface area (Å²) in [6.45, 7) is 8.97. The summed E-state index contributed by atoms with van der Waals surface area (Å²) in [5.74, 6) is 1.58. The van der Waals surface area contributed by atoms with Crippen LogP contribution in [0.4, 0.5) is 0 Å². The van der Waals surface area contributed by atoms with Crippen molar-refractivity contribution in [1.29, 1.82) is 0 Å². The number of furan rings is 1. The molecule has 0 unspecified atom stereocenters. The number of ether oxygens (including phenoxy) is 1. The highest BCUT2D eigenvalue weighted by atomic mass is 16.5. The minimum absolute atomic E-state index is 0.0855. The molecule has 1 aromatic carbocycles. The molecule has 0 saturated carbocycles. The normalized spacial score (nSPS) is 11.0. The lowest BCUT2D eigenvalue weighted by Gasteiger charge is -2.14. The van der Waals surface area contributed by atoms with E-state index in [2.05, 4.69) is 9.88 Å². The van der Waals surface area contributed by atoms with E-state index in [-0.39, 0.29) is 12.0 Å². The third kappa shape index (κ3) is 4.42. The molecule has 2 aromatic heterocycles. The van der Waals surface area contributed by atoms with Crippen molar-refractivity contribution >= 4 is 5.91 Å². The van der Waals surface area contributed by atoms with Gasteiger partial charge in [-0.2, -0.15) is 0 Å². The van der Waals surface area contributed by atoms with Gasteiger partial charge in [-0.25, -0.2) is 0 Å². The van der Waals surface area contributed by atoms with Crippen LogP contribution in [0.3, 0.4) is 0 Å². The molecular weight excluding hydrogens is 340 g/mol. The summed E-state index contributed by atoms with van der Waals surface area (Å²) in [4.78, 5) is 12.8. The summed E-state index contributed by atoms with van der Waals surface area (Å²) < 4.78 is 13.3. The highest BCUT2D eigenvalue weighted by Gasteiger charge is 2.17. The summed E-state index contributed by atoms with van der Waals surface area (Å²) in [6.07, 6.45) is 1.75. The van der Waals surface area contributed by atoms with E-state index in [0.29, 0.717) is 18.7 Å². The first kappa shape index (κ1) is 18.8. The maximum atomic E-state index is 12.8. The molecule has 2 heterocycles. The first-order valence-electron chi connectivity index (χ1n) is 9.17. The molecule has 3 rings (SSSR count). The van der Waals surface area contributed by atoms with E-state index in [9.17, 15) is 4.79 Å². The Morgan fingerprint density at radius 1 is 1.19 bits per heavy atom. The zero-order chi connectivity index (χ0) is 19.4. The van der Waals surface area contributed by atoms with Crippen LogP contribution < -0.4 is 10.1 Å². The molecule has 0 atom stereocenters. The van der Waals surface area contributed by atoms with E-state index < -0.39 is 0 Å². The average Bonchev–Trinajstić information content (AvgIpc) is 3.24. The lowest BCUT2D eigenvalue weighted by molar-refractivity contribution is 0.0949. The third-order valence-electron chi connectivity index (χ3n) is 4.49. The van der Waals surface area contributed by atoms with Crippen molar-refractivity contribution in [2.45, 2.75) is 46.9 Å². The third-order valence-corrected chi connectivity index (χ3v) is 4.49. The van der Waals surface area contributed by atoms with Crippen molar-refractivity contribution in [3.8, 4) is 5.75 Å². The summed E-state index contributed by atoms with van der Waals surface area (Å²) in [5, 5.41) is 3.01. The van der Waals surface area contributed by atoms with Crippen LogP contribution in [-0.2, 0) is 13.1 Å². The molecule has 0 fully saturated rings. The molecular formula is C22H26N2O3. The van der Waals surface area contributed by atoms with Gasteiger partial charge in [0.05, 0.1) is 24.5 Å². The maximum Gasteiger partial charge on any atom is 0.253 e. The minimum atomic E-state index is -0.0897. The number of hydrogen-bond donors (Lipinski definition) is 1. The number of hydrogen-bond acceptors (Lipinski definition) is 3. The first-order valence-corrected chi connectivity index (χ1v) is 9.17. The Bertz CT molecular complexity index is 908. The zero-order valence-corrected chi connectivity index (χ0v) is 16.3. The van der Waals surface area contributed by atoms with E-state index in [1.165, 1.54) is 0 Å². The van der Waals surface area contributed by atoms with Gasteiger partial charge in [-0.1, -0.05) is 18.2 Å². The standard InChI is InChI=1S/C22H26N2O3/c1-15(2)27-21-10-6-5-8-18(21)13-23-22(25)20-12-16(3)24(17(20)4)14-19-9-7-11-26-19/h5-12,15H,13-14H2,1-4H3,(H,23,25). The Labute approximate surface area is 160 Å². The number of nitrogens with one attached hydrogen (secondary N) is 1. The van der Waals surface area contributed by atoms with Gasteiger partial charge in [-0.3, -0.25) is 4.79 Å². The molecule has 0 aliphatic rings. The second kappa shape index (κ2) is 8.16. The fourth-order valence-electron chi connectivity index (χ4n) is 3.12. The van der Waals surface area contributed by atoms with Gasteiger partial charge in [0.1, 0.15) is 11.5 Å². The summed E-state index contributed by atoms with van der Waals surface area (Å²) in [6, 6.07) is 13.5. The number of nitrogens with zero attached hydrogens (tertiary/aromatic N) is 1. The van der Waals surface area contributed by atoms with Crippen LogP contribution in [0.1, 0.15) is 46.9 Å². The van der Waals surface area contributed by atoms with Crippen molar-refractivity contribution < 1.29 is 13.9 Å². The average molecular weight is 366 g/mol. The second-order valence-electron chi connectivity index (χ2n) is 6.91. The topological polar surface area (TPSA) is 56.4 Å². The number of carbonyl (C=O) groups excluding carboxylic acids is 1. The number of aryl methyl sites for hydroxylation is 1. The van der Waals surface area contributed by atoms with Crippen molar-refractivity contribution in [1.82, 2.24) is 9.88 Å². The Balaban J connectivity index is 1.72. The Morgan fingerprint density at radius 2 is 1.96 bits per heavy atom. The van der Waals surface area contributed by atoms with E-state index in [1.54, 1.807) is 6.26 Å². The van der Waals surface area contributed by atoms with Gasteiger partial charge in [0, 0.05) is 23.5 Å². The number of carbonyl (C=O) groups is 1. The van der Waals surface area contributed by atoms with Crippen LogP contribution in [0.2, 0.25) is 0 Å². The van der Waals surface area contributed by atoms with Gasteiger partial charge in [0.25, 0.3) is 5.91 Å². The number of aromatic nitrogens is 1. The quantitative estimate of drug-likeness (QED) is 0.671. The monoisotopic (exact) mass is 366 g/mol. The number of amides is 1. The van der Waals surface area contributed by atoms with Gasteiger partial charge >= 0.3 is 0 Å². The van der Waals surface area contributed by atoms with E-state index in [0.717, 1.165) is 28.5 Å². The van der Waals surface area contributed by atoms with Gasteiger partial charge in [-0.05, 0) is 52.0 Å². The first-order chi connectivity index (χ1) is 13.0. The number of para-hydroxylation sites is 1. The molecule has 0 aliphatic carbocycles. The van der Waals surface area contributed by atoms with Gasteiger partial charge in [-0.15, -0.1) is 0 Å². The highest BCUT2D eigenvalue weighted by Crippen LogP contribution is 2.21. The van der Waals surface area contributed by atoms with Crippen LogP contribution in [0.25, 0.3) is 0 Å². The van der Waals surface area contributed by atoms with E-state index in [1.807, 2.05) is 70.2 Å².